The summed E-state index contributed by atoms with van der Waals surface area (Å²) in [5.41, 5.74) is 5.53. The molecule has 3 N–H and O–H groups in total. The number of thiophene rings is 1. The summed E-state index contributed by atoms with van der Waals surface area (Å²) in [5, 5.41) is 5.06. The molecule has 1 fully saturated rings. The van der Waals surface area contributed by atoms with E-state index in [4.69, 9.17) is 5.73 Å². The highest BCUT2D eigenvalue weighted by Gasteiger charge is 2.20. The summed E-state index contributed by atoms with van der Waals surface area (Å²) in [7, 11) is 0. The van der Waals surface area contributed by atoms with E-state index < -0.39 is 6.04 Å². The van der Waals surface area contributed by atoms with Gasteiger partial charge in [0.15, 0.2) is 0 Å². The first-order chi connectivity index (χ1) is 9.15. The standard InChI is InChI=1S/C14H23N3OS.2ClH/c1-11(15)14(18)16-9-12-4-6-17(7-5-12)10-13-3-2-8-19-13;;/h2-3,8,11-12H,4-7,9-10,15H2,1H3,(H,16,18);2*1H/t11-;;/m1../s1. The van der Waals surface area contributed by atoms with Crippen LogP contribution in [0, 0.1) is 5.92 Å². The average molecular weight is 354 g/mol. The summed E-state index contributed by atoms with van der Waals surface area (Å²) in [6.07, 6.45) is 2.31. The van der Waals surface area contributed by atoms with E-state index in [1.807, 2.05) is 11.3 Å². The Hall–Kier alpha value is -0.330. The quantitative estimate of drug-likeness (QED) is 0.853. The molecule has 1 aliphatic rings. The van der Waals surface area contributed by atoms with Crippen molar-refractivity contribution in [2.45, 2.75) is 32.4 Å². The third-order valence-corrected chi connectivity index (χ3v) is 4.51. The summed E-state index contributed by atoms with van der Waals surface area (Å²) < 4.78 is 0. The number of hydrogen-bond donors (Lipinski definition) is 2. The Bertz CT molecular complexity index is 393. The molecule has 122 valence electrons. The van der Waals surface area contributed by atoms with Crippen molar-refractivity contribution in [1.29, 1.82) is 0 Å². The zero-order chi connectivity index (χ0) is 13.7. The third-order valence-electron chi connectivity index (χ3n) is 3.65. The average Bonchev–Trinajstić information content (AvgIpc) is 2.90. The smallest absolute Gasteiger partial charge is 0.236 e. The van der Waals surface area contributed by atoms with Gasteiger partial charge >= 0.3 is 0 Å². The van der Waals surface area contributed by atoms with Crippen molar-refractivity contribution in [3.8, 4) is 0 Å². The van der Waals surface area contributed by atoms with Gasteiger partial charge in [0.25, 0.3) is 0 Å². The van der Waals surface area contributed by atoms with Crippen LogP contribution in [0.15, 0.2) is 17.5 Å². The molecule has 1 saturated heterocycles. The lowest BCUT2D eigenvalue weighted by atomic mass is 9.96. The highest BCUT2D eigenvalue weighted by Crippen LogP contribution is 2.20. The molecule has 0 saturated carbocycles. The molecule has 2 rings (SSSR count). The molecule has 2 heterocycles. The van der Waals surface area contributed by atoms with Crippen LogP contribution in [0.3, 0.4) is 0 Å². The topological polar surface area (TPSA) is 58.4 Å². The molecule has 1 amide bonds. The minimum absolute atomic E-state index is 0. The van der Waals surface area contributed by atoms with Crippen molar-refractivity contribution in [1.82, 2.24) is 10.2 Å². The normalized spacial score (nSPS) is 17.4. The molecule has 0 bridgehead atoms. The zero-order valence-electron chi connectivity index (χ0n) is 12.3. The van der Waals surface area contributed by atoms with Gasteiger partial charge in [-0.2, -0.15) is 0 Å². The zero-order valence-corrected chi connectivity index (χ0v) is 14.7. The summed E-state index contributed by atoms with van der Waals surface area (Å²) in [6, 6.07) is 3.90. The second kappa shape index (κ2) is 10.4. The van der Waals surface area contributed by atoms with Gasteiger partial charge in [0, 0.05) is 18.0 Å². The molecule has 1 atom stereocenters. The van der Waals surface area contributed by atoms with E-state index in [0.29, 0.717) is 5.92 Å². The molecule has 0 aromatic carbocycles. The number of piperidine rings is 1. The summed E-state index contributed by atoms with van der Waals surface area (Å²) in [6.45, 7) is 5.80. The van der Waals surface area contributed by atoms with Crippen LogP contribution in [0.25, 0.3) is 0 Å². The number of rotatable bonds is 5. The van der Waals surface area contributed by atoms with E-state index in [1.54, 1.807) is 6.92 Å². The molecular formula is C14H25Cl2N3OS. The summed E-state index contributed by atoms with van der Waals surface area (Å²) in [4.78, 5) is 15.3. The maximum Gasteiger partial charge on any atom is 0.236 e. The number of nitrogens with one attached hydrogen (secondary N) is 1. The molecule has 1 aliphatic heterocycles. The number of nitrogens with two attached hydrogens (primary N) is 1. The number of amides is 1. The van der Waals surface area contributed by atoms with Crippen LogP contribution >= 0.6 is 36.2 Å². The highest BCUT2D eigenvalue weighted by molar-refractivity contribution is 7.09. The van der Waals surface area contributed by atoms with Crippen LogP contribution in [-0.2, 0) is 11.3 Å². The molecule has 7 heteroatoms. The number of nitrogens with zero attached hydrogens (tertiary/aromatic N) is 1. The number of likely N-dealkylation sites (tertiary alicyclic amines) is 1. The Labute approximate surface area is 143 Å². The van der Waals surface area contributed by atoms with Crippen molar-refractivity contribution in [2.24, 2.45) is 11.7 Å². The van der Waals surface area contributed by atoms with Gasteiger partial charge in [0.2, 0.25) is 5.91 Å². The van der Waals surface area contributed by atoms with Gasteiger partial charge < -0.3 is 11.1 Å². The van der Waals surface area contributed by atoms with E-state index in [-0.39, 0.29) is 30.7 Å². The minimum Gasteiger partial charge on any atom is -0.354 e. The molecule has 21 heavy (non-hydrogen) atoms. The lowest BCUT2D eigenvalue weighted by molar-refractivity contribution is -0.122. The fourth-order valence-electron chi connectivity index (χ4n) is 2.38. The maximum atomic E-state index is 11.4. The van der Waals surface area contributed by atoms with Gasteiger partial charge in [-0.15, -0.1) is 36.2 Å². The van der Waals surface area contributed by atoms with Gasteiger partial charge in [0.1, 0.15) is 0 Å². The predicted octanol–water partition coefficient (Wildman–Crippen LogP) is 2.27. The molecule has 0 radical (unpaired) electrons. The van der Waals surface area contributed by atoms with E-state index >= 15 is 0 Å². The second-order valence-electron chi connectivity index (χ2n) is 5.33. The first kappa shape index (κ1) is 20.7. The third kappa shape index (κ3) is 6.98. The fourth-order valence-corrected chi connectivity index (χ4v) is 3.12. The highest BCUT2D eigenvalue weighted by atomic mass is 35.5. The Kier molecular flexibility index (Phi) is 10.2. The van der Waals surface area contributed by atoms with Gasteiger partial charge in [-0.3, -0.25) is 9.69 Å². The Balaban J connectivity index is 0.00000200. The molecule has 4 nitrogen and oxygen atoms in total. The molecule has 1 aromatic rings. The van der Waals surface area contributed by atoms with Crippen LogP contribution in [0.5, 0.6) is 0 Å². The number of hydrogen-bond acceptors (Lipinski definition) is 4. The van der Waals surface area contributed by atoms with Crippen molar-refractivity contribution in [2.75, 3.05) is 19.6 Å². The molecule has 0 spiro atoms. The van der Waals surface area contributed by atoms with E-state index in [0.717, 1.165) is 39.0 Å². The van der Waals surface area contributed by atoms with Crippen LogP contribution in [0.2, 0.25) is 0 Å². The van der Waals surface area contributed by atoms with Crippen molar-refractivity contribution in [3.63, 3.8) is 0 Å². The molecule has 1 aromatic heterocycles. The Morgan fingerprint density at radius 3 is 2.67 bits per heavy atom. The SMILES string of the molecule is C[C@@H](N)C(=O)NCC1CCN(Cc2cccs2)CC1.Cl.Cl. The van der Waals surface area contributed by atoms with Crippen molar-refractivity contribution in [3.05, 3.63) is 22.4 Å². The number of carbonyl (C=O) groups excluding carboxylic acids is 1. The van der Waals surface area contributed by atoms with Crippen molar-refractivity contribution >= 4 is 42.1 Å². The first-order valence-corrected chi connectivity index (χ1v) is 7.81. The number of carbonyl (C=O) groups is 1. The Morgan fingerprint density at radius 2 is 2.14 bits per heavy atom. The van der Waals surface area contributed by atoms with Crippen LogP contribution in [0.1, 0.15) is 24.6 Å². The molecular weight excluding hydrogens is 329 g/mol. The van der Waals surface area contributed by atoms with Crippen LogP contribution in [-0.4, -0.2) is 36.5 Å². The Morgan fingerprint density at radius 1 is 1.48 bits per heavy atom. The molecule has 0 unspecified atom stereocenters. The van der Waals surface area contributed by atoms with Gasteiger partial charge in [-0.05, 0) is 50.2 Å². The fraction of sp³-hybridized carbons (Fsp3) is 0.643. The van der Waals surface area contributed by atoms with Crippen LogP contribution in [0.4, 0.5) is 0 Å². The maximum absolute atomic E-state index is 11.4. The lowest BCUT2D eigenvalue weighted by Gasteiger charge is -2.31. The second-order valence-corrected chi connectivity index (χ2v) is 6.36. The van der Waals surface area contributed by atoms with E-state index in [2.05, 4.69) is 27.7 Å². The van der Waals surface area contributed by atoms with E-state index in [9.17, 15) is 4.79 Å². The van der Waals surface area contributed by atoms with Gasteiger partial charge in [-0.1, -0.05) is 6.07 Å². The van der Waals surface area contributed by atoms with Gasteiger partial charge in [0.05, 0.1) is 6.04 Å². The molecule has 0 aliphatic carbocycles. The lowest BCUT2D eigenvalue weighted by Crippen LogP contribution is -2.43. The van der Waals surface area contributed by atoms with Gasteiger partial charge in [-0.25, -0.2) is 0 Å². The largest absolute Gasteiger partial charge is 0.354 e. The predicted molar refractivity (Wildman–Crippen MR) is 93.5 cm³/mol. The van der Waals surface area contributed by atoms with E-state index in [1.165, 1.54) is 4.88 Å². The van der Waals surface area contributed by atoms with Crippen molar-refractivity contribution < 1.29 is 4.79 Å². The summed E-state index contributed by atoms with van der Waals surface area (Å²) in [5.74, 6) is 0.559. The number of halogens is 2. The monoisotopic (exact) mass is 353 g/mol. The van der Waals surface area contributed by atoms with Crippen LogP contribution < -0.4 is 11.1 Å². The minimum atomic E-state index is -0.404. The first-order valence-electron chi connectivity index (χ1n) is 6.93. The summed E-state index contributed by atoms with van der Waals surface area (Å²) >= 11 is 1.82.